The van der Waals surface area contributed by atoms with E-state index in [0.717, 1.165) is 18.5 Å². The topological polar surface area (TPSA) is 65.3 Å². The molecule has 1 atom stereocenters. The molecule has 1 aromatic rings. The quantitative estimate of drug-likeness (QED) is 0.646. The van der Waals surface area contributed by atoms with Gasteiger partial charge in [-0.15, -0.1) is 0 Å². The first kappa shape index (κ1) is 14.7. The predicted octanol–water partition coefficient (Wildman–Crippen LogP) is 1.28. The van der Waals surface area contributed by atoms with Gasteiger partial charge in [0.05, 0.1) is 25.2 Å². The number of hydrogen-bond acceptors (Lipinski definition) is 4. The van der Waals surface area contributed by atoms with Gasteiger partial charge in [0.2, 0.25) is 0 Å². The molecule has 0 aliphatic carbocycles. The zero-order valence-corrected chi connectivity index (χ0v) is 10.5. The maximum atomic E-state index is 9.11. The van der Waals surface area contributed by atoms with Crippen LogP contribution in [0.5, 0.6) is 0 Å². The van der Waals surface area contributed by atoms with Crippen LogP contribution in [-0.2, 0) is 4.74 Å². The Morgan fingerprint density at radius 1 is 1.28 bits per heavy atom. The fourth-order valence-corrected chi connectivity index (χ4v) is 1.64. The molecule has 4 heteroatoms. The Bertz CT molecular complexity index is 349. The van der Waals surface area contributed by atoms with Crippen LogP contribution in [0.1, 0.15) is 17.9 Å². The normalized spacial score (nSPS) is 12.0. The maximum Gasteiger partial charge on any atom is 0.0837 e. The smallest absolute Gasteiger partial charge is 0.0837 e. The van der Waals surface area contributed by atoms with Crippen LogP contribution in [0, 0.1) is 11.3 Å². The Hall–Kier alpha value is -1.41. The highest BCUT2D eigenvalue weighted by molar-refractivity contribution is 5.24. The van der Waals surface area contributed by atoms with Crippen molar-refractivity contribution in [2.75, 3.05) is 32.9 Å². The molecule has 0 aromatic heterocycles. The van der Waals surface area contributed by atoms with Crippen molar-refractivity contribution < 1.29 is 9.84 Å². The second kappa shape index (κ2) is 9.60. The Morgan fingerprint density at radius 3 is 2.72 bits per heavy atom. The van der Waals surface area contributed by atoms with Crippen LogP contribution in [0.2, 0.25) is 0 Å². The molecular weight excluding hydrogens is 228 g/mol. The van der Waals surface area contributed by atoms with E-state index in [4.69, 9.17) is 15.1 Å². The molecule has 0 saturated heterocycles. The van der Waals surface area contributed by atoms with Gasteiger partial charge in [-0.05, 0) is 18.5 Å². The summed E-state index contributed by atoms with van der Waals surface area (Å²) in [6.45, 7) is 2.57. The number of nitriles is 1. The number of benzene rings is 1. The van der Waals surface area contributed by atoms with Gasteiger partial charge in [0, 0.05) is 13.2 Å². The van der Waals surface area contributed by atoms with Gasteiger partial charge in [0.15, 0.2) is 0 Å². The molecule has 98 valence electrons. The third-order valence-corrected chi connectivity index (χ3v) is 2.58. The summed E-state index contributed by atoms with van der Waals surface area (Å²) in [5.41, 5.74) is 1.05. The molecule has 0 spiro atoms. The number of rotatable bonds is 9. The highest BCUT2D eigenvalue weighted by atomic mass is 16.5. The molecule has 0 bridgehead atoms. The van der Waals surface area contributed by atoms with Gasteiger partial charge in [-0.3, -0.25) is 0 Å². The first-order valence-electron chi connectivity index (χ1n) is 6.22. The standard InChI is InChI=1S/C14H20N2O2/c15-11-14(13-5-2-1-3-6-13)12-16-7-4-9-18-10-8-17/h1-3,5-6,14,16-17H,4,7-10,12H2. The average molecular weight is 248 g/mol. The molecule has 0 fully saturated rings. The lowest BCUT2D eigenvalue weighted by atomic mass is 10.0. The fraction of sp³-hybridized carbons (Fsp3) is 0.500. The molecular formula is C14H20N2O2. The summed E-state index contributed by atoms with van der Waals surface area (Å²) in [4.78, 5) is 0. The molecule has 1 aromatic carbocycles. The molecule has 4 nitrogen and oxygen atoms in total. The minimum atomic E-state index is -0.107. The molecule has 0 heterocycles. The molecule has 0 radical (unpaired) electrons. The first-order chi connectivity index (χ1) is 8.88. The number of hydrogen-bond donors (Lipinski definition) is 2. The lowest BCUT2D eigenvalue weighted by Crippen LogP contribution is -2.23. The van der Waals surface area contributed by atoms with Crippen LogP contribution in [0.4, 0.5) is 0 Å². The summed E-state index contributed by atoms with van der Waals surface area (Å²) in [7, 11) is 0. The van der Waals surface area contributed by atoms with Gasteiger partial charge in [-0.25, -0.2) is 0 Å². The van der Waals surface area contributed by atoms with Crippen LogP contribution in [-0.4, -0.2) is 38.0 Å². The fourth-order valence-electron chi connectivity index (χ4n) is 1.64. The number of ether oxygens (including phenoxy) is 1. The monoisotopic (exact) mass is 248 g/mol. The van der Waals surface area contributed by atoms with E-state index >= 15 is 0 Å². The Labute approximate surface area is 108 Å². The van der Waals surface area contributed by atoms with Crippen LogP contribution in [0.3, 0.4) is 0 Å². The summed E-state index contributed by atoms with van der Waals surface area (Å²) in [6, 6.07) is 12.1. The molecule has 0 amide bonds. The van der Waals surface area contributed by atoms with E-state index in [-0.39, 0.29) is 12.5 Å². The highest BCUT2D eigenvalue weighted by Gasteiger charge is 2.08. The van der Waals surface area contributed by atoms with Crippen LogP contribution < -0.4 is 5.32 Å². The summed E-state index contributed by atoms with van der Waals surface area (Å²) >= 11 is 0. The second-order valence-corrected chi connectivity index (χ2v) is 3.99. The van der Waals surface area contributed by atoms with Gasteiger partial charge in [0.1, 0.15) is 0 Å². The largest absolute Gasteiger partial charge is 0.394 e. The molecule has 1 rings (SSSR count). The van der Waals surface area contributed by atoms with E-state index in [0.29, 0.717) is 19.8 Å². The van der Waals surface area contributed by atoms with E-state index in [1.807, 2.05) is 30.3 Å². The SMILES string of the molecule is N#CC(CNCCCOCCO)c1ccccc1. The summed E-state index contributed by atoms with van der Waals surface area (Å²) in [5, 5.41) is 20.9. The molecule has 0 saturated carbocycles. The maximum absolute atomic E-state index is 9.11. The first-order valence-corrected chi connectivity index (χ1v) is 6.22. The molecule has 1 unspecified atom stereocenters. The van der Waals surface area contributed by atoms with Crippen LogP contribution in [0.15, 0.2) is 30.3 Å². The number of nitrogens with one attached hydrogen (secondary N) is 1. The van der Waals surface area contributed by atoms with Crippen molar-refractivity contribution in [3.05, 3.63) is 35.9 Å². The summed E-state index contributed by atoms with van der Waals surface area (Å²) in [5.74, 6) is -0.107. The average Bonchev–Trinajstić information content (AvgIpc) is 2.43. The molecule has 18 heavy (non-hydrogen) atoms. The van der Waals surface area contributed by atoms with Gasteiger partial charge in [-0.1, -0.05) is 30.3 Å². The number of nitrogens with zero attached hydrogens (tertiary/aromatic N) is 1. The van der Waals surface area contributed by atoms with Crippen LogP contribution in [0.25, 0.3) is 0 Å². The Balaban J connectivity index is 2.16. The minimum Gasteiger partial charge on any atom is -0.394 e. The number of aliphatic hydroxyl groups excluding tert-OH is 1. The molecule has 0 aliphatic heterocycles. The Kier molecular flexibility index (Phi) is 7.82. The lowest BCUT2D eigenvalue weighted by molar-refractivity contribution is 0.0907. The van der Waals surface area contributed by atoms with Gasteiger partial charge in [-0.2, -0.15) is 5.26 Å². The third-order valence-electron chi connectivity index (χ3n) is 2.58. The zero-order valence-electron chi connectivity index (χ0n) is 10.5. The predicted molar refractivity (Wildman–Crippen MR) is 70.2 cm³/mol. The van der Waals surface area contributed by atoms with E-state index in [1.54, 1.807) is 0 Å². The summed E-state index contributed by atoms with van der Waals surface area (Å²) in [6.07, 6.45) is 0.882. The highest BCUT2D eigenvalue weighted by Crippen LogP contribution is 2.12. The Morgan fingerprint density at radius 2 is 2.06 bits per heavy atom. The van der Waals surface area contributed by atoms with Gasteiger partial charge < -0.3 is 15.2 Å². The zero-order chi connectivity index (χ0) is 13.1. The lowest BCUT2D eigenvalue weighted by Gasteiger charge is -2.10. The van der Waals surface area contributed by atoms with Gasteiger partial charge in [0.25, 0.3) is 0 Å². The van der Waals surface area contributed by atoms with Crippen molar-refractivity contribution in [2.45, 2.75) is 12.3 Å². The molecule has 2 N–H and O–H groups in total. The van der Waals surface area contributed by atoms with Gasteiger partial charge >= 0.3 is 0 Å². The van der Waals surface area contributed by atoms with Crippen molar-refractivity contribution in [3.63, 3.8) is 0 Å². The molecule has 0 aliphatic rings. The van der Waals surface area contributed by atoms with Crippen molar-refractivity contribution in [1.29, 1.82) is 5.26 Å². The van der Waals surface area contributed by atoms with E-state index < -0.39 is 0 Å². The van der Waals surface area contributed by atoms with E-state index in [1.165, 1.54) is 0 Å². The van der Waals surface area contributed by atoms with Crippen molar-refractivity contribution in [3.8, 4) is 6.07 Å². The van der Waals surface area contributed by atoms with Crippen molar-refractivity contribution in [1.82, 2.24) is 5.32 Å². The number of aliphatic hydroxyl groups is 1. The minimum absolute atomic E-state index is 0.0674. The summed E-state index contributed by atoms with van der Waals surface area (Å²) < 4.78 is 5.15. The second-order valence-electron chi connectivity index (χ2n) is 3.99. The van der Waals surface area contributed by atoms with Crippen LogP contribution >= 0.6 is 0 Å². The third kappa shape index (κ3) is 5.78. The van der Waals surface area contributed by atoms with E-state index in [2.05, 4.69) is 11.4 Å². The van der Waals surface area contributed by atoms with Crippen molar-refractivity contribution in [2.24, 2.45) is 0 Å². The van der Waals surface area contributed by atoms with E-state index in [9.17, 15) is 0 Å². The van der Waals surface area contributed by atoms with Crippen molar-refractivity contribution >= 4 is 0 Å².